The molecule has 0 radical (unpaired) electrons. The maximum atomic E-state index is 12.8. The smallest absolute Gasteiger partial charge is 0.270 e. The normalized spacial score (nSPS) is 14.7. The predicted octanol–water partition coefficient (Wildman–Crippen LogP) is 2.14. The van der Waals surface area contributed by atoms with E-state index in [1.165, 1.54) is 16.6 Å². The minimum Gasteiger partial charge on any atom is -0.378 e. The highest BCUT2D eigenvalue weighted by Crippen LogP contribution is 2.21. The Labute approximate surface area is 160 Å². The molecule has 146 valence electrons. The summed E-state index contributed by atoms with van der Waals surface area (Å²) in [7, 11) is 1.78. The standard InChI is InChI=1S/C19H26N4O3S/c1-21(2)16-8-6-15(7-9-16)14-22(3)27(25,26)17-12-18(20-13-17)19(24)23-10-4-5-11-23/h6-9,12-13,20H,4-5,10-11,14H2,1-3H3. The van der Waals surface area contributed by atoms with Gasteiger partial charge in [-0.25, -0.2) is 8.42 Å². The fraction of sp³-hybridized carbons (Fsp3) is 0.421. The molecule has 1 saturated heterocycles. The van der Waals surface area contributed by atoms with E-state index >= 15 is 0 Å². The molecular weight excluding hydrogens is 364 g/mol. The van der Waals surface area contributed by atoms with Gasteiger partial charge in [0, 0.05) is 52.7 Å². The van der Waals surface area contributed by atoms with Gasteiger partial charge in [0.2, 0.25) is 10.0 Å². The number of hydrogen-bond acceptors (Lipinski definition) is 4. The maximum Gasteiger partial charge on any atom is 0.270 e. The Morgan fingerprint density at radius 3 is 2.33 bits per heavy atom. The molecule has 2 aromatic rings. The Morgan fingerprint density at radius 2 is 1.74 bits per heavy atom. The van der Waals surface area contributed by atoms with Gasteiger partial charge >= 0.3 is 0 Å². The number of nitrogens with zero attached hydrogens (tertiary/aromatic N) is 3. The average molecular weight is 391 g/mol. The van der Waals surface area contributed by atoms with Crippen LogP contribution in [0.25, 0.3) is 0 Å². The summed E-state index contributed by atoms with van der Waals surface area (Å²) in [6, 6.07) is 9.18. The zero-order valence-corrected chi connectivity index (χ0v) is 16.8. The van der Waals surface area contributed by atoms with E-state index in [9.17, 15) is 13.2 Å². The first-order chi connectivity index (χ1) is 12.8. The van der Waals surface area contributed by atoms with Gasteiger partial charge in [-0.2, -0.15) is 4.31 Å². The van der Waals surface area contributed by atoms with E-state index in [1.807, 2.05) is 43.3 Å². The van der Waals surface area contributed by atoms with E-state index in [-0.39, 0.29) is 17.3 Å². The van der Waals surface area contributed by atoms with Gasteiger partial charge in [-0.1, -0.05) is 12.1 Å². The third-order valence-electron chi connectivity index (χ3n) is 4.85. The highest BCUT2D eigenvalue weighted by atomic mass is 32.2. The lowest BCUT2D eigenvalue weighted by Crippen LogP contribution is -2.28. The van der Waals surface area contributed by atoms with Crippen molar-refractivity contribution in [1.29, 1.82) is 0 Å². The number of likely N-dealkylation sites (tertiary alicyclic amines) is 1. The molecule has 1 aliphatic rings. The van der Waals surface area contributed by atoms with Gasteiger partial charge in [0.15, 0.2) is 0 Å². The van der Waals surface area contributed by atoms with E-state index in [1.54, 1.807) is 11.9 Å². The van der Waals surface area contributed by atoms with Gasteiger partial charge in [-0.15, -0.1) is 0 Å². The molecule has 2 heterocycles. The number of aromatic nitrogens is 1. The highest BCUT2D eigenvalue weighted by molar-refractivity contribution is 7.89. The van der Waals surface area contributed by atoms with Gasteiger partial charge in [0.1, 0.15) is 10.6 Å². The third kappa shape index (κ3) is 4.17. The molecule has 1 aliphatic heterocycles. The topological polar surface area (TPSA) is 76.7 Å². The Morgan fingerprint density at radius 1 is 1.11 bits per heavy atom. The van der Waals surface area contributed by atoms with Crippen LogP contribution in [0.15, 0.2) is 41.4 Å². The van der Waals surface area contributed by atoms with Crippen LogP contribution in [0.1, 0.15) is 28.9 Å². The fourth-order valence-corrected chi connectivity index (χ4v) is 4.31. The second kappa shape index (κ2) is 7.74. The molecule has 0 spiro atoms. The van der Waals surface area contributed by atoms with E-state index in [2.05, 4.69) is 4.98 Å². The summed E-state index contributed by atoms with van der Waals surface area (Å²) in [5.74, 6) is -0.143. The first-order valence-electron chi connectivity index (χ1n) is 8.99. The molecule has 1 amide bonds. The molecule has 0 atom stereocenters. The number of benzene rings is 1. The van der Waals surface area contributed by atoms with Crippen LogP contribution in [0.3, 0.4) is 0 Å². The summed E-state index contributed by atoms with van der Waals surface area (Å²) >= 11 is 0. The zero-order chi connectivity index (χ0) is 19.6. The molecule has 8 heteroatoms. The minimum absolute atomic E-state index is 0.109. The minimum atomic E-state index is -3.68. The lowest BCUT2D eigenvalue weighted by molar-refractivity contribution is 0.0787. The molecule has 1 N–H and O–H groups in total. The number of sulfonamides is 1. The maximum absolute atomic E-state index is 12.8. The van der Waals surface area contributed by atoms with Crippen molar-refractivity contribution in [1.82, 2.24) is 14.2 Å². The number of nitrogens with one attached hydrogen (secondary N) is 1. The molecule has 1 aromatic heterocycles. The Balaban J connectivity index is 1.72. The number of anilines is 1. The average Bonchev–Trinajstić information content (AvgIpc) is 3.33. The van der Waals surface area contributed by atoms with Crippen molar-refractivity contribution in [3.05, 3.63) is 47.8 Å². The monoisotopic (exact) mass is 390 g/mol. The van der Waals surface area contributed by atoms with Crippen molar-refractivity contribution in [3.8, 4) is 0 Å². The molecule has 0 unspecified atom stereocenters. The van der Waals surface area contributed by atoms with Gasteiger partial charge in [-0.3, -0.25) is 4.79 Å². The fourth-order valence-electron chi connectivity index (χ4n) is 3.16. The third-order valence-corrected chi connectivity index (χ3v) is 6.63. The first kappa shape index (κ1) is 19.4. The summed E-state index contributed by atoms with van der Waals surface area (Å²) in [5.41, 5.74) is 2.27. The Hall–Kier alpha value is -2.32. The lowest BCUT2D eigenvalue weighted by Gasteiger charge is -2.17. The van der Waals surface area contributed by atoms with Gasteiger partial charge in [0.25, 0.3) is 5.91 Å². The number of H-pyrrole nitrogens is 1. The van der Waals surface area contributed by atoms with Crippen LogP contribution in [0.2, 0.25) is 0 Å². The van der Waals surface area contributed by atoms with Crippen molar-refractivity contribution in [2.45, 2.75) is 24.3 Å². The van der Waals surface area contributed by atoms with Crippen LogP contribution in [-0.2, 0) is 16.6 Å². The molecule has 1 aromatic carbocycles. The Kier molecular flexibility index (Phi) is 5.57. The quantitative estimate of drug-likeness (QED) is 0.820. The summed E-state index contributed by atoms with van der Waals surface area (Å²) < 4.78 is 27.0. The van der Waals surface area contributed by atoms with Crippen LogP contribution < -0.4 is 4.90 Å². The second-order valence-electron chi connectivity index (χ2n) is 7.07. The van der Waals surface area contributed by atoms with Gasteiger partial charge in [0.05, 0.1) is 0 Å². The Bertz CT molecular complexity index is 897. The van der Waals surface area contributed by atoms with Gasteiger partial charge < -0.3 is 14.8 Å². The summed E-state index contributed by atoms with van der Waals surface area (Å²) in [6.07, 6.45) is 3.38. The van der Waals surface area contributed by atoms with E-state index in [4.69, 9.17) is 0 Å². The van der Waals surface area contributed by atoms with Crippen molar-refractivity contribution in [2.75, 3.05) is 39.1 Å². The zero-order valence-electron chi connectivity index (χ0n) is 16.0. The van der Waals surface area contributed by atoms with E-state index < -0.39 is 10.0 Å². The number of amides is 1. The largest absolute Gasteiger partial charge is 0.378 e. The summed E-state index contributed by atoms with van der Waals surface area (Å²) in [6.45, 7) is 1.71. The van der Waals surface area contributed by atoms with E-state index in [0.717, 1.165) is 37.2 Å². The summed E-state index contributed by atoms with van der Waals surface area (Å²) in [5, 5.41) is 0. The van der Waals surface area contributed by atoms with E-state index in [0.29, 0.717) is 5.69 Å². The van der Waals surface area contributed by atoms with Crippen molar-refractivity contribution < 1.29 is 13.2 Å². The lowest BCUT2D eigenvalue weighted by atomic mass is 10.2. The highest BCUT2D eigenvalue weighted by Gasteiger charge is 2.26. The van der Waals surface area contributed by atoms with Gasteiger partial charge in [-0.05, 0) is 36.6 Å². The predicted molar refractivity (Wildman–Crippen MR) is 105 cm³/mol. The number of hydrogen-bond donors (Lipinski definition) is 1. The van der Waals surface area contributed by atoms with Crippen LogP contribution in [0, 0.1) is 0 Å². The number of carbonyl (C=O) groups excluding carboxylic acids is 1. The van der Waals surface area contributed by atoms with Crippen LogP contribution >= 0.6 is 0 Å². The molecule has 1 fully saturated rings. The second-order valence-corrected chi connectivity index (χ2v) is 9.12. The number of aromatic amines is 1. The summed E-state index contributed by atoms with van der Waals surface area (Å²) in [4.78, 5) is 19.1. The first-order valence-corrected chi connectivity index (χ1v) is 10.4. The van der Waals surface area contributed by atoms with Crippen molar-refractivity contribution >= 4 is 21.6 Å². The molecule has 27 heavy (non-hydrogen) atoms. The molecule has 3 rings (SSSR count). The molecular formula is C19H26N4O3S. The van der Waals surface area contributed by atoms with Crippen LogP contribution in [0.4, 0.5) is 5.69 Å². The number of carbonyl (C=O) groups is 1. The van der Waals surface area contributed by atoms with Crippen molar-refractivity contribution in [2.24, 2.45) is 0 Å². The van der Waals surface area contributed by atoms with Crippen LogP contribution in [0.5, 0.6) is 0 Å². The van der Waals surface area contributed by atoms with Crippen LogP contribution in [-0.4, -0.2) is 62.7 Å². The van der Waals surface area contributed by atoms with Crippen molar-refractivity contribution in [3.63, 3.8) is 0 Å². The molecule has 0 aliphatic carbocycles. The molecule has 0 saturated carbocycles. The molecule has 0 bridgehead atoms. The SMILES string of the molecule is CN(C)c1ccc(CN(C)S(=O)(=O)c2c[nH]c(C(=O)N3CCCC3)c2)cc1. The molecule has 7 nitrogen and oxygen atoms in total. The number of rotatable bonds is 6.